The van der Waals surface area contributed by atoms with Crippen molar-refractivity contribution in [1.29, 1.82) is 0 Å². The monoisotopic (exact) mass is 283 g/mol. The average molecular weight is 283 g/mol. The minimum absolute atomic E-state index is 0.102. The van der Waals surface area contributed by atoms with E-state index in [2.05, 4.69) is 22.1 Å². The third-order valence-corrected chi connectivity index (χ3v) is 4.57. The smallest absolute Gasteiger partial charge is 0.193 e. The van der Waals surface area contributed by atoms with Crippen molar-refractivity contribution in [2.45, 2.75) is 38.2 Å². The molecule has 1 unspecified atom stereocenters. The van der Waals surface area contributed by atoms with Gasteiger partial charge in [0.25, 0.3) is 0 Å². The van der Waals surface area contributed by atoms with Crippen LogP contribution in [-0.2, 0) is 9.47 Å². The summed E-state index contributed by atoms with van der Waals surface area (Å²) in [7, 11) is 3.67. The van der Waals surface area contributed by atoms with Gasteiger partial charge < -0.3 is 19.7 Å². The fraction of sp³-hybridized carbons (Fsp3) is 0.933. The summed E-state index contributed by atoms with van der Waals surface area (Å²) in [5.41, 5.74) is -0.102. The summed E-state index contributed by atoms with van der Waals surface area (Å²) in [6.07, 6.45) is 4.48. The topological polar surface area (TPSA) is 46.1 Å². The van der Waals surface area contributed by atoms with Crippen molar-refractivity contribution in [3.05, 3.63) is 0 Å². The third kappa shape index (κ3) is 3.85. The Kier molecular flexibility index (Phi) is 5.66. The Morgan fingerprint density at radius 1 is 1.45 bits per heavy atom. The SMILES string of the molecule is CN=C(NCC1(OC)CCOCC1)N1CCCC(C)C1. The highest BCUT2D eigenvalue weighted by Gasteiger charge is 2.33. The van der Waals surface area contributed by atoms with E-state index in [0.717, 1.165) is 57.6 Å². The van der Waals surface area contributed by atoms with Crippen molar-refractivity contribution in [3.63, 3.8) is 0 Å². The van der Waals surface area contributed by atoms with Gasteiger partial charge in [0.2, 0.25) is 0 Å². The fourth-order valence-electron chi connectivity index (χ4n) is 3.15. The van der Waals surface area contributed by atoms with Crippen molar-refractivity contribution < 1.29 is 9.47 Å². The van der Waals surface area contributed by atoms with Gasteiger partial charge in [-0.15, -0.1) is 0 Å². The maximum atomic E-state index is 5.77. The molecule has 20 heavy (non-hydrogen) atoms. The molecule has 2 heterocycles. The van der Waals surface area contributed by atoms with E-state index in [4.69, 9.17) is 9.47 Å². The van der Waals surface area contributed by atoms with Gasteiger partial charge in [0.1, 0.15) is 0 Å². The van der Waals surface area contributed by atoms with Gasteiger partial charge in [-0.25, -0.2) is 0 Å². The molecule has 2 aliphatic rings. The standard InChI is InChI=1S/C15H29N3O2/c1-13-5-4-8-18(11-13)14(16-2)17-12-15(19-3)6-9-20-10-7-15/h13H,4-12H2,1-3H3,(H,16,17). The normalized spacial score (nSPS) is 27.4. The van der Waals surface area contributed by atoms with E-state index in [9.17, 15) is 0 Å². The molecule has 0 aromatic carbocycles. The second-order valence-electron chi connectivity index (χ2n) is 6.09. The van der Waals surface area contributed by atoms with Crippen LogP contribution in [0.1, 0.15) is 32.6 Å². The lowest BCUT2D eigenvalue weighted by Crippen LogP contribution is -2.53. The first-order valence-electron chi connectivity index (χ1n) is 7.77. The molecule has 0 spiro atoms. The summed E-state index contributed by atoms with van der Waals surface area (Å²) < 4.78 is 11.2. The number of nitrogens with zero attached hydrogens (tertiary/aromatic N) is 2. The molecule has 2 saturated heterocycles. The molecule has 5 heteroatoms. The van der Waals surface area contributed by atoms with E-state index in [1.54, 1.807) is 7.11 Å². The molecule has 0 bridgehead atoms. The number of guanidine groups is 1. The van der Waals surface area contributed by atoms with Crippen molar-refractivity contribution in [2.75, 3.05) is 47.0 Å². The molecule has 116 valence electrons. The fourth-order valence-corrected chi connectivity index (χ4v) is 3.15. The molecule has 0 saturated carbocycles. The minimum Gasteiger partial charge on any atom is -0.381 e. The molecule has 0 radical (unpaired) electrons. The van der Waals surface area contributed by atoms with Crippen LogP contribution >= 0.6 is 0 Å². The second-order valence-corrected chi connectivity index (χ2v) is 6.09. The summed E-state index contributed by atoms with van der Waals surface area (Å²) in [4.78, 5) is 6.81. The molecular weight excluding hydrogens is 254 g/mol. The number of hydrogen-bond acceptors (Lipinski definition) is 3. The van der Waals surface area contributed by atoms with E-state index in [-0.39, 0.29) is 5.60 Å². The molecule has 0 amide bonds. The largest absolute Gasteiger partial charge is 0.381 e. The van der Waals surface area contributed by atoms with Gasteiger partial charge in [-0.2, -0.15) is 0 Å². The first kappa shape index (κ1) is 15.6. The lowest BCUT2D eigenvalue weighted by Gasteiger charge is -2.38. The molecule has 0 aromatic rings. The lowest BCUT2D eigenvalue weighted by atomic mass is 9.94. The summed E-state index contributed by atoms with van der Waals surface area (Å²) in [5.74, 6) is 1.77. The number of ether oxygens (including phenoxy) is 2. The number of hydrogen-bond donors (Lipinski definition) is 1. The van der Waals surface area contributed by atoms with Crippen LogP contribution in [0.3, 0.4) is 0 Å². The van der Waals surface area contributed by atoms with Crippen LogP contribution in [0.25, 0.3) is 0 Å². The van der Waals surface area contributed by atoms with Gasteiger partial charge in [0, 0.05) is 59.8 Å². The molecule has 1 N–H and O–H groups in total. The summed E-state index contributed by atoms with van der Waals surface area (Å²) in [6, 6.07) is 0. The lowest BCUT2D eigenvalue weighted by molar-refractivity contribution is -0.0858. The molecule has 2 rings (SSSR count). The Labute approximate surface area is 122 Å². The Balaban J connectivity index is 1.89. The minimum atomic E-state index is -0.102. The van der Waals surface area contributed by atoms with Crippen molar-refractivity contribution in [2.24, 2.45) is 10.9 Å². The van der Waals surface area contributed by atoms with Gasteiger partial charge in [0.05, 0.1) is 5.60 Å². The van der Waals surface area contributed by atoms with Gasteiger partial charge in [0.15, 0.2) is 5.96 Å². The first-order chi connectivity index (χ1) is 9.69. The van der Waals surface area contributed by atoms with Crippen LogP contribution < -0.4 is 5.32 Å². The highest BCUT2D eigenvalue weighted by atomic mass is 16.5. The average Bonchev–Trinajstić information content (AvgIpc) is 2.49. The Morgan fingerprint density at radius 2 is 2.20 bits per heavy atom. The number of likely N-dealkylation sites (tertiary alicyclic amines) is 1. The Hall–Kier alpha value is -0.810. The van der Waals surface area contributed by atoms with Gasteiger partial charge in [-0.3, -0.25) is 4.99 Å². The molecule has 1 atom stereocenters. The highest BCUT2D eigenvalue weighted by Crippen LogP contribution is 2.24. The first-order valence-corrected chi connectivity index (χ1v) is 7.77. The summed E-state index contributed by atoms with van der Waals surface area (Å²) in [6.45, 7) is 6.90. The molecule has 0 aliphatic carbocycles. The van der Waals surface area contributed by atoms with Gasteiger partial charge in [-0.05, 0) is 18.8 Å². The number of rotatable bonds is 3. The van der Waals surface area contributed by atoms with E-state index in [1.165, 1.54) is 12.8 Å². The third-order valence-electron chi connectivity index (χ3n) is 4.57. The molecule has 0 aromatic heterocycles. The van der Waals surface area contributed by atoms with Crippen molar-refractivity contribution in [1.82, 2.24) is 10.2 Å². The molecule has 2 fully saturated rings. The molecule has 5 nitrogen and oxygen atoms in total. The van der Waals surface area contributed by atoms with Crippen LogP contribution in [-0.4, -0.2) is 63.5 Å². The second kappa shape index (κ2) is 7.27. The maximum Gasteiger partial charge on any atom is 0.193 e. The highest BCUT2D eigenvalue weighted by molar-refractivity contribution is 5.80. The number of nitrogens with one attached hydrogen (secondary N) is 1. The zero-order valence-corrected chi connectivity index (χ0v) is 13.2. The predicted octanol–water partition coefficient (Wildman–Crippen LogP) is 1.49. The Morgan fingerprint density at radius 3 is 2.80 bits per heavy atom. The summed E-state index contributed by atoms with van der Waals surface area (Å²) >= 11 is 0. The van der Waals surface area contributed by atoms with Crippen LogP contribution in [0.4, 0.5) is 0 Å². The van der Waals surface area contributed by atoms with Crippen LogP contribution in [0.5, 0.6) is 0 Å². The Bertz CT molecular complexity index is 327. The predicted molar refractivity (Wildman–Crippen MR) is 81.1 cm³/mol. The maximum absolute atomic E-state index is 5.77. The molecular formula is C15H29N3O2. The molecule has 2 aliphatic heterocycles. The number of methoxy groups -OCH3 is 1. The number of aliphatic imine (C=N–C) groups is 1. The van der Waals surface area contributed by atoms with Crippen molar-refractivity contribution >= 4 is 5.96 Å². The number of piperidine rings is 1. The van der Waals surface area contributed by atoms with E-state index < -0.39 is 0 Å². The quantitative estimate of drug-likeness (QED) is 0.630. The zero-order chi connectivity index (χ0) is 14.4. The van der Waals surface area contributed by atoms with E-state index in [0.29, 0.717) is 0 Å². The van der Waals surface area contributed by atoms with E-state index >= 15 is 0 Å². The van der Waals surface area contributed by atoms with Gasteiger partial charge in [-0.1, -0.05) is 6.92 Å². The zero-order valence-electron chi connectivity index (χ0n) is 13.2. The van der Waals surface area contributed by atoms with E-state index in [1.807, 2.05) is 7.05 Å². The van der Waals surface area contributed by atoms with Crippen LogP contribution in [0.2, 0.25) is 0 Å². The van der Waals surface area contributed by atoms with Crippen molar-refractivity contribution in [3.8, 4) is 0 Å². The van der Waals surface area contributed by atoms with Crippen LogP contribution in [0, 0.1) is 5.92 Å². The van der Waals surface area contributed by atoms with Gasteiger partial charge >= 0.3 is 0 Å². The van der Waals surface area contributed by atoms with Crippen LogP contribution in [0.15, 0.2) is 4.99 Å². The summed E-state index contributed by atoms with van der Waals surface area (Å²) in [5, 5.41) is 3.52.